The van der Waals surface area contributed by atoms with Crippen LogP contribution in [0, 0.1) is 12.7 Å². The lowest BCUT2D eigenvalue weighted by Crippen LogP contribution is -2.11. The number of benzene rings is 1. The van der Waals surface area contributed by atoms with E-state index in [4.69, 9.17) is 5.73 Å². The quantitative estimate of drug-likeness (QED) is 0.823. The molecule has 0 spiro atoms. The van der Waals surface area contributed by atoms with Crippen LogP contribution < -0.4 is 11.1 Å². The fourth-order valence-electron chi connectivity index (χ4n) is 2.00. The molecule has 0 amide bonds. The van der Waals surface area contributed by atoms with Crippen LogP contribution in [-0.4, -0.2) is 6.54 Å². The zero-order valence-corrected chi connectivity index (χ0v) is 11.4. The van der Waals surface area contributed by atoms with Crippen LogP contribution in [0.3, 0.4) is 0 Å². The van der Waals surface area contributed by atoms with E-state index in [-0.39, 0.29) is 11.6 Å². The van der Waals surface area contributed by atoms with Crippen LogP contribution in [0.4, 0.5) is 4.39 Å². The number of rotatable bonds is 3. The molecule has 2 unspecified atom stereocenters. The molecule has 0 saturated heterocycles. The minimum Gasteiger partial charge on any atom is -0.380 e. The second-order valence-corrected chi connectivity index (χ2v) is 5.56. The van der Waals surface area contributed by atoms with Crippen LogP contribution in [0.15, 0.2) is 41.9 Å². The molecule has 0 aromatic heterocycles. The average molecular weight is 264 g/mol. The molecule has 2 atom stereocenters. The van der Waals surface area contributed by atoms with E-state index < -0.39 is 0 Å². The van der Waals surface area contributed by atoms with Gasteiger partial charge in [-0.1, -0.05) is 20.5 Å². The average Bonchev–Trinajstić information content (AvgIpc) is 2.55. The Morgan fingerprint density at radius 1 is 1.44 bits per heavy atom. The first-order valence-corrected chi connectivity index (χ1v) is 7.20. The van der Waals surface area contributed by atoms with Crippen molar-refractivity contribution in [1.29, 1.82) is 0 Å². The number of halogens is 1. The van der Waals surface area contributed by atoms with E-state index >= 15 is 0 Å². The summed E-state index contributed by atoms with van der Waals surface area (Å²) in [7, 11) is 0.633. The highest BCUT2D eigenvalue weighted by Gasteiger charge is 2.13. The molecule has 0 fully saturated rings. The monoisotopic (exact) mass is 264 g/mol. The smallest absolute Gasteiger partial charge is 0.123 e. The summed E-state index contributed by atoms with van der Waals surface area (Å²) in [6.45, 7) is 2.62. The van der Waals surface area contributed by atoms with Gasteiger partial charge in [-0.3, -0.25) is 0 Å². The summed E-state index contributed by atoms with van der Waals surface area (Å²) in [5.41, 5.74) is 8.98. The van der Waals surface area contributed by atoms with Crippen LogP contribution in [0.25, 0.3) is 0 Å². The molecule has 96 valence electrons. The van der Waals surface area contributed by atoms with E-state index in [1.165, 1.54) is 11.6 Å². The number of allylic oxidation sites excluding steroid dienone is 1. The Kier molecular flexibility index (Phi) is 4.51. The molecule has 0 radical (unpaired) electrons. The Labute approximate surface area is 109 Å². The van der Waals surface area contributed by atoms with Gasteiger partial charge in [-0.15, -0.1) is 0 Å². The number of nitrogens with two attached hydrogens (primary N) is 1. The van der Waals surface area contributed by atoms with Gasteiger partial charge < -0.3 is 11.1 Å². The molecule has 4 heteroatoms. The van der Waals surface area contributed by atoms with E-state index in [1.807, 2.05) is 19.2 Å². The van der Waals surface area contributed by atoms with Crippen LogP contribution in [0.5, 0.6) is 0 Å². The molecule has 2 nitrogen and oxygen atoms in total. The van der Waals surface area contributed by atoms with Gasteiger partial charge >= 0.3 is 0 Å². The Morgan fingerprint density at radius 3 is 3.00 bits per heavy atom. The van der Waals surface area contributed by atoms with Gasteiger partial charge in [-0.05, 0) is 61.0 Å². The maximum atomic E-state index is 13.1. The van der Waals surface area contributed by atoms with Gasteiger partial charge in [0.15, 0.2) is 0 Å². The van der Waals surface area contributed by atoms with E-state index in [0.717, 1.165) is 17.5 Å². The van der Waals surface area contributed by atoms with E-state index in [1.54, 1.807) is 6.07 Å². The first-order chi connectivity index (χ1) is 8.70. The summed E-state index contributed by atoms with van der Waals surface area (Å²) in [5.74, 6) is 2.29. The van der Waals surface area contributed by atoms with Crippen molar-refractivity contribution in [1.82, 2.24) is 5.32 Å². The first-order valence-electron chi connectivity index (χ1n) is 6.04. The normalized spacial score (nSPS) is 20.4. The highest BCUT2D eigenvalue weighted by molar-refractivity contribution is 7.42. The van der Waals surface area contributed by atoms with Crippen LogP contribution in [-0.2, 0) is 0 Å². The molecule has 1 aliphatic heterocycles. The first kappa shape index (κ1) is 13.3. The van der Waals surface area contributed by atoms with Crippen molar-refractivity contribution in [3.63, 3.8) is 0 Å². The van der Waals surface area contributed by atoms with Crippen molar-refractivity contribution in [3.8, 4) is 0 Å². The van der Waals surface area contributed by atoms with Gasteiger partial charge in [-0.25, -0.2) is 4.39 Å². The number of hydrogen-bond donors (Lipinski definition) is 2. The minimum absolute atomic E-state index is 0.178. The maximum Gasteiger partial charge on any atom is 0.123 e. The molecule has 1 aromatic carbocycles. The van der Waals surface area contributed by atoms with Gasteiger partial charge in [0.25, 0.3) is 0 Å². The topological polar surface area (TPSA) is 38.0 Å². The van der Waals surface area contributed by atoms with E-state index in [0.29, 0.717) is 15.1 Å². The summed E-state index contributed by atoms with van der Waals surface area (Å²) >= 11 is 0. The Morgan fingerprint density at radius 2 is 2.28 bits per heavy atom. The zero-order chi connectivity index (χ0) is 13.0. The highest BCUT2D eigenvalue weighted by Crippen LogP contribution is 2.37. The third kappa shape index (κ3) is 3.18. The molecule has 3 N–H and O–H groups in total. The largest absolute Gasteiger partial charge is 0.380 e. The number of aryl methyl sites for hydroxylation is 1. The van der Waals surface area contributed by atoms with Gasteiger partial charge in [0.1, 0.15) is 5.82 Å². The molecular weight excluding hydrogens is 246 g/mol. The summed E-state index contributed by atoms with van der Waals surface area (Å²) in [6, 6.07) is 4.97. The second kappa shape index (κ2) is 6.12. The molecule has 0 aliphatic carbocycles. The highest BCUT2D eigenvalue weighted by atomic mass is 31.1. The van der Waals surface area contributed by atoms with Crippen molar-refractivity contribution in [3.05, 3.63) is 58.8 Å². The molecule has 1 aromatic rings. The van der Waals surface area contributed by atoms with E-state index in [2.05, 4.69) is 17.2 Å². The molecule has 0 bridgehead atoms. The molecule has 1 aliphatic rings. The second-order valence-electron chi connectivity index (χ2n) is 4.36. The third-order valence-corrected chi connectivity index (χ3v) is 4.32. The lowest BCUT2D eigenvalue weighted by atomic mass is 10.1. The van der Waals surface area contributed by atoms with Crippen molar-refractivity contribution >= 4 is 8.58 Å². The number of hydrogen-bond acceptors (Lipinski definition) is 2. The Bertz CT molecular complexity index is 483. The predicted molar refractivity (Wildman–Crippen MR) is 76.2 cm³/mol. The van der Waals surface area contributed by atoms with E-state index in [9.17, 15) is 4.39 Å². The van der Waals surface area contributed by atoms with Crippen LogP contribution >= 0.6 is 8.58 Å². The van der Waals surface area contributed by atoms with Crippen molar-refractivity contribution in [2.45, 2.75) is 19.1 Å². The van der Waals surface area contributed by atoms with Crippen molar-refractivity contribution in [2.75, 3.05) is 6.54 Å². The summed E-state index contributed by atoms with van der Waals surface area (Å²) in [4.78, 5) is 0. The van der Waals surface area contributed by atoms with Crippen molar-refractivity contribution < 1.29 is 4.39 Å². The molecular formula is C14H18FN2P. The Hall–Kier alpha value is -1.18. The van der Waals surface area contributed by atoms with Gasteiger partial charge in [-0.2, -0.15) is 0 Å². The van der Waals surface area contributed by atoms with Gasteiger partial charge in [0.05, 0.1) is 5.78 Å². The fraction of sp³-hybridized carbons (Fsp3) is 0.286. The minimum atomic E-state index is -0.178. The predicted octanol–water partition coefficient (Wildman–Crippen LogP) is 3.16. The molecule has 0 saturated carbocycles. The maximum absolute atomic E-state index is 13.1. The van der Waals surface area contributed by atoms with Crippen LogP contribution in [0.1, 0.15) is 23.3 Å². The SMILES string of the molecule is Cc1cc(F)ccc1C1NC=CC(CCN)=CP1. The van der Waals surface area contributed by atoms with Crippen molar-refractivity contribution in [2.24, 2.45) is 5.73 Å². The summed E-state index contributed by atoms with van der Waals surface area (Å²) < 4.78 is 13.1. The van der Waals surface area contributed by atoms with Gasteiger partial charge in [0, 0.05) is 0 Å². The summed E-state index contributed by atoms with van der Waals surface area (Å²) in [6.07, 6.45) is 4.94. The standard InChI is InChI=1S/C14H18FN2P/c1-10-8-12(15)2-3-13(10)14-17-7-5-11(4-6-16)9-18-14/h2-3,5,7-9,14,17-18H,4,6,16H2,1H3. The fourth-order valence-corrected chi connectivity index (χ4v) is 3.32. The lowest BCUT2D eigenvalue weighted by Gasteiger charge is -2.17. The number of nitrogens with one attached hydrogen (secondary N) is 1. The van der Waals surface area contributed by atoms with Gasteiger partial charge in [0.2, 0.25) is 0 Å². The third-order valence-electron chi connectivity index (χ3n) is 2.97. The zero-order valence-electron chi connectivity index (χ0n) is 10.4. The molecule has 2 rings (SSSR count). The molecule has 18 heavy (non-hydrogen) atoms. The lowest BCUT2D eigenvalue weighted by molar-refractivity contribution is 0.625. The van der Waals surface area contributed by atoms with Crippen LogP contribution in [0.2, 0.25) is 0 Å². The summed E-state index contributed by atoms with van der Waals surface area (Å²) in [5, 5.41) is 3.36. The Balaban J connectivity index is 2.18. The molecule has 1 heterocycles.